The number of anilines is 2. The van der Waals surface area contributed by atoms with Crippen LogP contribution in [0.15, 0.2) is 53.6 Å². The van der Waals surface area contributed by atoms with Crippen molar-refractivity contribution >= 4 is 11.4 Å². The van der Waals surface area contributed by atoms with Crippen LogP contribution in [-0.4, -0.2) is 47.1 Å². The molecule has 2 heterocycles. The SMILES string of the molecule is CCOc1ccc(N2CCN(c3ccc(-n4cnn(CC5CCCC5)c4=O)cc3)CC2)c(F)c1. The van der Waals surface area contributed by atoms with Gasteiger partial charge in [-0.1, -0.05) is 12.8 Å². The number of ether oxygens (including phenoxy) is 1. The Labute approximate surface area is 199 Å². The first-order valence-corrected chi connectivity index (χ1v) is 12.3. The number of halogens is 1. The predicted octanol–water partition coefficient (Wildman–Crippen LogP) is 4.09. The van der Waals surface area contributed by atoms with Gasteiger partial charge in [-0.05, 0) is 62.1 Å². The summed E-state index contributed by atoms with van der Waals surface area (Å²) in [7, 11) is 0. The first-order chi connectivity index (χ1) is 16.6. The van der Waals surface area contributed by atoms with E-state index < -0.39 is 0 Å². The molecule has 0 bridgehead atoms. The Balaban J connectivity index is 1.21. The Bertz CT molecular complexity index is 1160. The van der Waals surface area contributed by atoms with Crippen LogP contribution in [-0.2, 0) is 6.54 Å². The Hall–Kier alpha value is -3.29. The highest BCUT2D eigenvalue weighted by molar-refractivity contribution is 5.55. The summed E-state index contributed by atoms with van der Waals surface area (Å²) in [4.78, 5) is 17.2. The van der Waals surface area contributed by atoms with Gasteiger partial charge in [-0.2, -0.15) is 5.10 Å². The van der Waals surface area contributed by atoms with Crippen molar-refractivity contribution in [2.24, 2.45) is 5.92 Å². The van der Waals surface area contributed by atoms with E-state index in [0.717, 1.165) is 37.6 Å². The minimum atomic E-state index is -0.248. The van der Waals surface area contributed by atoms with E-state index in [-0.39, 0.29) is 11.5 Å². The average molecular weight is 466 g/mol. The van der Waals surface area contributed by atoms with Gasteiger partial charge >= 0.3 is 5.69 Å². The summed E-state index contributed by atoms with van der Waals surface area (Å²) in [5, 5.41) is 4.34. The minimum absolute atomic E-state index is 0.0781. The van der Waals surface area contributed by atoms with Gasteiger partial charge in [-0.15, -0.1) is 0 Å². The van der Waals surface area contributed by atoms with Crippen molar-refractivity contribution in [3.63, 3.8) is 0 Å². The molecule has 1 aliphatic heterocycles. The molecule has 2 aliphatic rings. The lowest BCUT2D eigenvalue weighted by Crippen LogP contribution is -2.46. The quantitative estimate of drug-likeness (QED) is 0.526. The van der Waals surface area contributed by atoms with Crippen molar-refractivity contribution in [3.05, 3.63) is 65.1 Å². The van der Waals surface area contributed by atoms with Crippen LogP contribution in [0.4, 0.5) is 15.8 Å². The molecule has 0 spiro atoms. The Kier molecular flexibility index (Phi) is 6.56. The predicted molar refractivity (Wildman–Crippen MR) is 132 cm³/mol. The van der Waals surface area contributed by atoms with Gasteiger partial charge in [0.25, 0.3) is 0 Å². The zero-order valence-corrected chi connectivity index (χ0v) is 19.7. The summed E-state index contributed by atoms with van der Waals surface area (Å²) >= 11 is 0. The van der Waals surface area contributed by atoms with E-state index in [1.165, 1.54) is 31.7 Å². The fourth-order valence-electron chi connectivity index (χ4n) is 5.11. The zero-order valence-electron chi connectivity index (χ0n) is 19.7. The molecule has 2 aromatic carbocycles. The molecule has 1 aliphatic carbocycles. The molecule has 7 nitrogen and oxygen atoms in total. The molecule has 0 radical (unpaired) electrons. The summed E-state index contributed by atoms with van der Waals surface area (Å²) in [6, 6.07) is 13.1. The largest absolute Gasteiger partial charge is 0.494 e. The van der Waals surface area contributed by atoms with Crippen molar-refractivity contribution in [2.45, 2.75) is 39.2 Å². The van der Waals surface area contributed by atoms with Gasteiger partial charge < -0.3 is 14.5 Å². The molecule has 34 heavy (non-hydrogen) atoms. The monoisotopic (exact) mass is 465 g/mol. The van der Waals surface area contributed by atoms with Crippen LogP contribution in [0.2, 0.25) is 0 Å². The van der Waals surface area contributed by atoms with Gasteiger partial charge in [0.15, 0.2) is 0 Å². The summed E-state index contributed by atoms with van der Waals surface area (Å²) in [6.45, 7) is 6.19. The Morgan fingerprint density at radius 1 is 0.971 bits per heavy atom. The first kappa shape index (κ1) is 22.5. The van der Waals surface area contributed by atoms with E-state index in [9.17, 15) is 9.18 Å². The summed E-state index contributed by atoms with van der Waals surface area (Å²) in [5.74, 6) is 0.881. The molecular formula is C26H32FN5O2. The second-order valence-corrected chi connectivity index (χ2v) is 9.15. The second kappa shape index (κ2) is 9.91. The third-order valence-electron chi connectivity index (χ3n) is 6.98. The van der Waals surface area contributed by atoms with E-state index in [2.05, 4.69) is 14.9 Å². The van der Waals surface area contributed by atoms with E-state index in [1.807, 2.05) is 37.3 Å². The van der Waals surface area contributed by atoms with Crippen LogP contribution >= 0.6 is 0 Å². The zero-order chi connectivity index (χ0) is 23.5. The lowest BCUT2D eigenvalue weighted by atomic mass is 10.1. The summed E-state index contributed by atoms with van der Waals surface area (Å²) in [5.41, 5.74) is 2.46. The molecule has 0 N–H and O–H groups in total. The van der Waals surface area contributed by atoms with Gasteiger partial charge in [0.05, 0.1) is 18.0 Å². The second-order valence-electron chi connectivity index (χ2n) is 9.15. The number of piperazine rings is 1. The fourth-order valence-corrected chi connectivity index (χ4v) is 5.11. The third kappa shape index (κ3) is 4.67. The van der Waals surface area contributed by atoms with Crippen LogP contribution in [0.3, 0.4) is 0 Å². The van der Waals surface area contributed by atoms with E-state index in [1.54, 1.807) is 21.6 Å². The fraction of sp³-hybridized carbons (Fsp3) is 0.462. The van der Waals surface area contributed by atoms with Crippen LogP contribution in [0, 0.1) is 11.7 Å². The highest BCUT2D eigenvalue weighted by Gasteiger charge is 2.21. The lowest BCUT2D eigenvalue weighted by molar-refractivity contribution is 0.338. The Morgan fingerprint density at radius 3 is 2.32 bits per heavy atom. The summed E-state index contributed by atoms with van der Waals surface area (Å²) in [6.07, 6.45) is 6.51. The molecule has 1 saturated carbocycles. The van der Waals surface area contributed by atoms with Crippen LogP contribution < -0.4 is 20.2 Å². The maximum absolute atomic E-state index is 14.6. The smallest absolute Gasteiger partial charge is 0.350 e. The maximum atomic E-state index is 14.6. The van der Waals surface area contributed by atoms with Crippen molar-refractivity contribution in [1.29, 1.82) is 0 Å². The number of nitrogens with zero attached hydrogens (tertiary/aromatic N) is 5. The minimum Gasteiger partial charge on any atom is -0.494 e. The molecule has 0 atom stereocenters. The average Bonchev–Trinajstić information content (AvgIpc) is 3.50. The molecule has 5 rings (SSSR count). The molecule has 180 valence electrons. The molecule has 1 aromatic heterocycles. The lowest BCUT2D eigenvalue weighted by Gasteiger charge is -2.37. The number of rotatable bonds is 7. The van der Waals surface area contributed by atoms with E-state index in [4.69, 9.17) is 4.74 Å². The van der Waals surface area contributed by atoms with Gasteiger partial charge in [-0.25, -0.2) is 18.4 Å². The van der Waals surface area contributed by atoms with Crippen molar-refractivity contribution in [2.75, 3.05) is 42.6 Å². The highest BCUT2D eigenvalue weighted by Crippen LogP contribution is 2.27. The molecule has 1 saturated heterocycles. The third-order valence-corrected chi connectivity index (χ3v) is 6.98. The molecular weight excluding hydrogens is 433 g/mol. The molecule has 0 unspecified atom stereocenters. The van der Waals surface area contributed by atoms with Crippen molar-refractivity contribution in [1.82, 2.24) is 14.3 Å². The standard InChI is InChI=1S/C26H32FN5O2/c1-2-34-23-11-12-25(24(27)17-23)30-15-13-29(14-16-30)21-7-9-22(10-8-21)31-19-28-32(26(31)33)18-20-5-3-4-6-20/h7-12,17,19-20H,2-6,13-16,18H2,1H3. The topological polar surface area (TPSA) is 55.5 Å². The number of hydrogen-bond acceptors (Lipinski definition) is 5. The number of hydrogen-bond donors (Lipinski definition) is 0. The van der Waals surface area contributed by atoms with E-state index in [0.29, 0.717) is 30.5 Å². The molecule has 2 fully saturated rings. The molecule has 3 aromatic rings. The maximum Gasteiger partial charge on any atom is 0.350 e. The number of aromatic nitrogens is 3. The molecule has 0 amide bonds. The molecule has 8 heteroatoms. The van der Waals surface area contributed by atoms with Crippen LogP contribution in [0.5, 0.6) is 5.75 Å². The van der Waals surface area contributed by atoms with Crippen molar-refractivity contribution in [3.8, 4) is 11.4 Å². The first-order valence-electron chi connectivity index (χ1n) is 12.3. The van der Waals surface area contributed by atoms with Crippen molar-refractivity contribution < 1.29 is 9.13 Å². The van der Waals surface area contributed by atoms with Crippen LogP contribution in [0.1, 0.15) is 32.6 Å². The van der Waals surface area contributed by atoms with Gasteiger partial charge in [0.1, 0.15) is 17.9 Å². The normalized spacial score (nSPS) is 16.9. The Morgan fingerprint density at radius 2 is 1.65 bits per heavy atom. The highest BCUT2D eigenvalue weighted by atomic mass is 19.1. The van der Waals surface area contributed by atoms with Gasteiger partial charge in [0, 0.05) is 44.5 Å². The van der Waals surface area contributed by atoms with Gasteiger partial charge in [-0.3, -0.25) is 0 Å². The number of benzene rings is 2. The van der Waals surface area contributed by atoms with Crippen LogP contribution in [0.25, 0.3) is 5.69 Å². The van der Waals surface area contributed by atoms with E-state index >= 15 is 0 Å². The van der Waals surface area contributed by atoms with Gasteiger partial charge in [0.2, 0.25) is 0 Å². The summed E-state index contributed by atoms with van der Waals surface area (Å²) < 4.78 is 23.2.